The van der Waals surface area contributed by atoms with Crippen molar-refractivity contribution in [2.45, 2.75) is 25.6 Å². The summed E-state index contributed by atoms with van der Waals surface area (Å²) in [6.07, 6.45) is 2.38. The number of nitrogens with zero attached hydrogens (tertiary/aromatic N) is 1. The zero-order valence-corrected chi connectivity index (χ0v) is 7.70. The molecule has 0 aromatic heterocycles. The third kappa shape index (κ3) is 2.19. The van der Waals surface area contributed by atoms with Gasteiger partial charge >= 0.3 is 0 Å². The molecule has 2 heterocycles. The molecule has 2 saturated heterocycles. The predicted molar refractivity (Wildman–Crippen MR) is 46.1 cm³/mol. The molecule has 74 valence electrons. The molecule has 0 aromatic carbocycles. The summed E-state index contributed by atoms with van der Waals surface area (Å²) in [6.45, 7) is 3.06. The van der Waals surface area contributed by atoms with E-state index in [-0.39, 0.29) is 12.2 Å². The number of amides is 1. The first-order valence-corrected chi connectivity index (χ1v) is 4.87. The van der Waals surface area contributed by atoms with Crippen molar-refractivity contribution in [1.29, 1.82) is 0 Å². The molecule has 0 unspecified atom stereocenters. The first kappa shape index (κ1) is 8.97. The molecule has 0 saturated carbocycles. The number of carbonyl (C=O) groups excluding carboxylic acids is 1. The molecular formula is C9H15NO3. The van der Waals surface area contributed by atoms with E-state index in [2.05, 4.69) is 0 Å². The van der Waals surface area contributed by atoms with Crippen LogP contribution >= 0.6 is 0 Å². The van der Waals surface area contributed by atoms with Crippen molar-refractivity contribution in [3.63, 3.8) is 0 Å². The fourth-order valence-corrected chi connectivity index (χ4v) is 1.76. The van der Waals surface area contributed by atoms with Gasteiger partial charge in [0.1, 0.15) is 0 Å². The molecule has 4 nitrogen and oxygen atoms in total. The fourth-order valence-electron chi connectivity index (χ4n) is 1.76. The second kappa shape index (κ2) is 4.07. The lowest BCUT2D eigenvalue weighted by atomic mass is 10.3. The lowest BCUT2D eigenvalue weighted by molar-refractivity contribution is -0.138. The van der Waals surface area contributed by atoms with E-state index in [0.717, 1.165) is 25.9 Å². The first-order chi connectivity index (χ1) is 6.36. The van der Waals surface area contributed by atoms with E-state index < -0.39 is 0 Å². The van der Waals surface area contributed by atoms with E-state index in [1.807, 2.05) is 4.90 Å². The van der Waals surface area contributed by atoms with Gasteiger partial charge in [-0.2, -0.15) is 0 Å². The van der Waals surface area contributed by atoms with Gasteiger partial charge in [0, 0.05) is 13.1 Å². The zero-order valence-electron chi connectivity index (χ0n) is 7.70. The molecule has 2 aliphatic heterocycles. The van der Waals surface area contributed by atoms with Crippen molar-refractivity contribution in [3.8, 4) is 0 Å². The number of carbonyl (C=O) groups is 1. The van der Waals surface area contributed by atoms with Gasteiger partial charge in [-0.3, -0.25) is 4.79 Å². The maximum absolute atomic E-state index is 11.6. The number of likely N-dealkylation sites (tertiary alicyclic amines) is 1. The third-order valence-corrected chi connectivity index (χ3v) is 2.49. The van der Waals surface area contributed by atoms with Crippen LogP contribution in [0.25, 0.3) is 0 Å². The van der Waals surface area contributed by atoms with Crippen molar-refractivity contribution in [2.75, 3.05) is 26.3 Å². The van der Waals surface area contributed by atoms with Crippen LogP contribution in [-0.4, -0.2) is 43.4 Å². The molecule has 4 heteroatoms. The summed E-state index contributed by atoms with van der Waals surface area (Å²) in [5.41, 5.74) is 0. The number of rotatable bonds is 2. The Morgan fingerprint density at radius 3 is 2.46 bits per heavy atom. The molecule has 0 atom stereocenters. The first-order valence-electron chi connectivity index (χ1n) is 4.87. The highest BCUT2D eigenvalue weighted by Gasteiger charge is 2.24. The number of hydrogen-bond acceptors (Lipinski definition) is 3. The molecule has 0 spiro atoms. The predicted octanol–water partition coefficient (Wildman–Crippen LogP) is 0.372. The molecule has 1 amide bonds. The van der Waals surface area contributed by atoms with Crippen molar-refractivity contribution >= 4 is 5.91 Å². The SMILES string of the molecule is O=C(CC1OCCO1)N1CCCC1. The molecule has 2 aliphatic rings. The van der Waals surface area contributed by atoms with E-state index in [1.54, 1.807) is 0 Å². The molecule has 2 rings (SSSR count). The van der Waals surface area contributed by atoms with Crippen molar-refractivity contribution in [1.82, 2.24) is 4.90 Å². The van der Waals surface area contributed by atoms with Crippen LogP contribution in [0.4, 0.5) is 0 Å². The average Bonchev–Trinajstić information content (AvgIpc) is 2.74. The summed E-state index contributed by atoms with van der Waals surface area (Å²) in [5, 5.41) is 0. The van der Waals surface area contributed by atoms with Crippen LogP contribution < -0.4 is 0 Å². The van der Waals surface area contributed by atoms with Gasteiger partial charge in [-0.15, -0.1) is 0 Å². The van der Waals surface area contributed by atoms with Crippen molar-refractivity contribution in [3.05, 3.63) is 0 Å². The summed E-state index contributed by atoms with van der Waals surface area (Å²) in [7, 11) is 0. The van der Waals surface area contributed by atoms with Crippen molar-refractivity contribution < 1.29 is 14.3 Å². The van der Waals surface area contributed by atoms with Gasteiger partial charge in [0.15, 0.2) is 6.29 Å². The highest BCUT2D eigenvalue weighted by Crippen LogP contribution is 2.13. The zero-order chi connectivity index (χ0) is 9.10. The molecular weight excluding hydrogens is 170 g/mol. The van der Waals surface area contributed by atoms with Crippen LogP contribution in [0.3, 0.4) is 0 Å². The Balaban J connectivity index is 1.76. The van der Waals surface area contributed by atoms with Crippen LogP contribution in [0, 0.1) is 0 Å². The Kier molecular flexibility index (Phi) is 2.80. The fraction of sp³-hybridized carbons (Fsp3) is 0.889. The Morgan fingerprint density at radius 1 is 1.23 bits per heavy atom. The van der Waals surface area contributed by atoms with Gasteiger partial charge in [-0.25, -0.2) is 0 Å². The van der Waals surface area contributed by atoms with Crippen molar-refractivity contribution in [2.24, 2.45) is 0 Å². The standard InChI is InChI=1S/C9H15NO3/c11-8(10-3-1-2-4-10)7-9-12-5-6-13-9/h9H,1-7H2. The summed E-state index contributed by atoms with van der Waals surface area (Å²) >= 11 is 0. The summed E-state index contributed by atoms with van der Waals surface area (Å²) in [5.74, 6) is 0.171. The van der Waals surface area contributed by atoms with E-state index in [4.69, 9.17) is 9.47 Å². The van der Waals surface area contributed by atoms with E-state index in [1.165, 1.54) is 0 Å². The van der Waals surface area contributed by atoms with Crippen LogP contribution in [0.2, 0.25) is 0 Å². The van der Waals surface area contributed by atoms with Crippen LogP contribution in [-0.2, 0) is 14.3 Å². The topological polar surface area (TPSA) is 38.8 Å². The molecule has 13 heavy (non-hydrogen) atoms. The van der Waals surface area contributed by atoms with Gasteiger partial charge < -0.3 is 14.4 Å². The quantitative estimate of drug-likeness (QED) is 0.624. The number of ether oxygens (including phenoxy) is 2. The third-order valence-electron chi connectivity index (χ3n) is 2.49. The number of hydrogen-bond donors (Lipinski definition) is 0. The maximum atomic E-state index is 11.6. The summed E-state index contributed by atoms with van der Waals surface area (Å²) < 4.78 is 10.4. The van der Waals surface area contributed by atoms with E-state index in [0.29, 0.717) is 19.6 Å². The lowest BCUT2D eigenvalue weighted by Gasteiger charge is -2.16. The molecule has 0 aromatic rings. The Bertz CT molecular complexity index is 183. The summed E-state index contributed by atoms with van der Waals surface area (Å²) in [6, 6.07) is 0. The van der Waals surface area contributed by atoms with Gasteiger partial charge in [-0.05, 0) is 12.8 Å². The maximum Gasteiger partial charge on any atom is 0.227 e. The highest BCUT2D eigenvalue weighted by atomic mass is 16.7. The average molecular weight is 185 g/mol. The molecule has 0 aliphatic carbocycles. The molecule has 0 radical (unpaired) electrons. The molecule has 0 N–H and O–H groups in total. The van der Waals surface area contributed by atoms with Gasteiger partial charge in [0.2, 0.25) is 5.91 Å². The van der Waals surface area contributed by atoms with Gasteiger partial charge in [0.05, 0.1) is 19.6 Å². The minimum atomic E-state index is -0.284. The highest BCUT2D eigenvalue weighted by molar-refractivity contribution is 5.76. The molecule has 2 fully saturated rings. The summed E-state index contributed by atoms with van der Waals surface area (Å²) in [4.78, 5) is 13.5. The minimum Gasteiger partial charge on any atom is -0.350 e. The Labute approximate surface area is 77.8 Å². The lowest BCUT2D eigenvalue weighted by Crippen LogP contribution is -2.31. The van der Waals surface area contributed by atoms with Crippen LogP contribution in [0.1, 0.15) is 19.3 Å². The Hall–Kier alpha value is -0.610. The van der Waals surface area contributed by atoms with E-state index >= 15 is 0 Å². The van der Waals surface area contributed by atoms with E-state index in [9.17, 15) is 4.79 Å². The van der Waals surface area contributed by atoms with Crippen LogP contribution in [0.15, 0.2) is 0 Å². The van der Waals surface area contributed by atoms with Gasteiger partial charge in [0.25, 0.3) is 0 Å². The second-order valence-corrected chi connectivity index (χ2v) is 3.46. The minimum absolute atomic E-state index is 0.171. The van der Waals surface area contributed by atoms with Gasteiger partial charge in [-0.1, -0.05) is 0 Å². The molecule has 0 bridgehead atoms. The normalized spacial score (nSPS) is 24.2. The monoisotopic (exact) mass is 185 g/mol. The smallest absolute Gasteiger partial charge is 0.227 e. The second-order valence-electron chi connectivity index (χ2n) is 3.46. The van der Waals surface area contributed by atoms with Crippen LogP contribution in [0.5, 0.6) is 0 Å². The Morgan fingerprint density at radius 2 is 1.85 bits per heavy atom. The largest absolute Gasteiger partial charge is 0.350 e.